The van der Waals surface area contributed by atoms with E-state index in [1.165, 1.54) is 12.8 Å². The van der Waals surface area contributed by atoms with Crippen LogP contribution < -0.4 is 10.2 Å². The SMILES string of the molecule is Cc1ccc(C(=O)O)c(N2C[C@@H](NC(=O)C3CCC3)[C@H](C3CC3)C2)n1. The first-order chi connectivity index (χ1) is 12.0. The van der Waals surface area contributed by atoms with Crippen molar-refractivity contribution in [2.45, 2.75) is 45.1 Å². The second-order valence-electron chi connectivity index (χ2n) is 7.78. The van der Waals surface area contributed by atoms with Gasteiger partial charge in [-0.1, -0.05) is 6.42 Å². The zero-order valence-electron chi connectivity index (χ0n) is 14.6. The van der Waals surface area contributed by atoms with E-state index in [-0.39, 0.29) is 23.4 Å². The molecule has 1 aromatic heterocycles. The fourth-order valence-corrected chi connectivity index (χ4v) is 4.08. The average Bonchev–Trinajstić information content (AvgIpc) is 3.26. The monoisotopic (exact) mass is 343 g/mol. The predicted molar refractivity (Wildman–Crippen MR) is 93.6 cm³/mol. The van der Waals surface area contributed by atoms with Crippen LogP contribution in [0.1, 0.15) is 48.2 Å². The summed E-state index contributed by atoms with van der Waals surface area (Å²) in [6, 6.07) is 3.47. The fourth-order valence-electron chi connectivity index (χ4n) is 4.08. The van der Waals surface area contributed by atoms with Crippen LogP contribution in [0.5, 0.6) is 0 Å². The minimum atomic E-state index is -0.951. The zero-order chi connectivity index (χ0) is 17.6. The summed E-state index contributed by atoms with van der Waals surface area (Å²) in [5.74, 6) is 0.994. The lowest BCUT2D eigenvalue weighted by molar-refractivity contribution is -0.128. The van der Waals surface area contributed by atoms with Crippen LogP contribution in [0.2, 0.25) is 0 Å². The molecule has 0 aromatic carbocycles. The molecule has 2 N–H and O–H groups in total. The molecule has 4 rings (SSSR count). The van der Waals surface area contributed by atoms with Crippen molar-refractivity contribution in [3.8, 4) is 0 Å². The smallest absolute Gasteiger partial charge is 0.339 e. The van der Waals surface area contributed by atoms with Crippen LogP contribution in [-0.2, 0) is 4.79 Å². The van der Waals surface area contributed by atoms with Gasteiger partial charge in [-0.15, -0.1) is 0 Å². The van der Waals surface area contributed by atoms with E-state index >= 15 is 0 Å². The number of rotatable bonds is 5. The van der Waals surface area contributed by atoms with Crippen molar-refractivity contribution in [1.29, 1.82) is 0 Å². The number of amides is 1. The quantitative estimate of drug-likeness (QED) is 0.857. The number of aromatic carboxylic acids is 1. The number of hydrogen-bond acceptors (Lipinski definition) is 4. The maximum Gasteiger partial charge on any atom is 0.339 e. The van der Waals surface area contributed by atoms with Gasteiger partial charge >= 0.3 is 5.97 Å². The van der Waals surface area contributed by atoms with Gasteiger partial charge in [-0.3, -0.25) is 4.79 Å². The van der Waals surface area contributed by atoms with Gasteiger partial charge in [0.25, 0.3) is 0 Å². The number of carbonyl (C=O) groups excluding carboxylic acids is 1. The minimum absolute atomic E-state index is 0.101. The summed E-state index contributed by atoms with van der Waals surface area (Å²) in [5.41, 5.74) is 1.05. The van der Waals surface area contributed by atoms with Crippen LogP contribution in [0.4, 0.5) is 5.82 Å². The van der Waals surface area contributed by atoms with Crippen molar-refractivity contribution in [1.82, 2.24) is 10.3 Å². The Balaban J connectivity index is 1.55. The van der Waals surface area contributed by atoms with Crippen molar-refractivity contribution in [3.05, 3.63) is 23.4 Å². The minimum Gasteiger partial charge on any atom is -0.478 e. The standard InChI is InChI=1S/C19H25N3O3/c1-11-5-8-14(19(24)25)17(20-11)22-9-15(12-6-7-12)16(10-22)21-18(23)13-3-2-4-13/h5,8,12-13,15-16H,2-4,6-7,9-10H2,1H3,(H,21,23)(H,24,25)/t15-,16+/m0/s1. The molecule has 1 amide bonds. The van der Waals surface area contributed by atoms with Crippen molar-refractivity contribution in [2.75, 3.05) is 18.0 Å². The molecule has 2 saturated carbocycles. The van der Waals surface area contributed by atoms with Gasteiger partial charge in [-0.05, 0) is 50.7 Å². The van der Waals surface area contributed by atoms with E-state index in [2.05, 4.69) is 15.2 Å². The molecule has 0 unspecified atom stereocenters. The molecule has 0 bridgehead atoms. The molecule has 1 aromatic rings. The number of carboxylic acids is 1. The number of carbonyl (C=O) groups is 2. The van der Waals surface area contributed by atoms with Gasteiger partial charge in [-0.2, -0.15) is 0 Å². The number of hydrogen-bond donors (Lipinski definition) is 2. The Morgan fingerprint density at radius 1 is 1.20 bits per heavy atom. The number of anilines is 1. The second kappa shape index (κ2) is 6.32. The molecule has 134 valence electrons. The van der Waals surface area contributed by atoms with Gasteiger partial charge in [0.1, 0.15) is 11.4 Å². The lowest BCUT2D eigenvalue weighted by Gasteiger charge is -2.27. The van der Waals surface area contributed by atoms with Crippen molar-refractivity contribution in [3.63, 3.8) is 0 Å². The van der Waals surface area contributed by atoms with Crippen LogP contribution in [-0.4, -0.2) is 41.1 Å². The molecule has 0 radical (unpaired) electrons. The Morgan fingerprint density at radius 2 is 1.96 bits per heavy atom. The number of nitrogens with zero attached hydrogens (tertiary/aromatic N) is 2. The van der Waals surface area contributed by atoms with Crippen LogP contribution in [0, 0.1) is 24.7 Å². The molecule has 3 fully saturated rings. The number of pyridine rings is 1. The second-order valence-corrected chi connectivity index (χ2v) is 7.78. The first kappa shape index (κ1) is 16.4. The van der Waals surface area contributed by atoms with Crippen LogP contribution in [0.3, 0.4) is 0 Å². The predicted octanol–water partition coefficient (Wildman–Crippen LogP) is 2.22. The van der Waals surface area contributed by atoms with E-state index in [1.54, 1.807) is 12.1 Å². The third-order valence-electron chi connectivity index (χ3n) is 5.94. The highest BCUT2D eigenvalue weighted by Crippen LogP contribution is 2.43. The van der Waals surface area contributed by atoms with E-state index in [0.717, 1.165) is 31.5 Å². The van der Waals surface area contributed by atoms with Gasteiger partial charge in [0.2, 0.25) is 5.91 Å². The third-order valence-corrected chi connectivity index (χ3v) is 5.94. The molecular weight excluding hydrogens is 318 g/mol. The Bertz CT molecular complexity index is 697. The van der Waals surface area contributed by atoms with E-state index in [4.69, 9.17) is 0 Å². The highest BCUT2D eigenvalue weighted by Gasteiger charge is 2.44. The summed E-state index contributed by atoms with van der Waals surface area (Å²) in [6.45, 7) is 3.30. The van der Waals surface area contributed by atoms with Gasteiger partial charge in [0.15, 0.2) is 0 Å². The number of aromatic nitrogens is 1. The number of carboxylic acid groups (broad SMARTS) is 1. The molecule has 1 saturated heterocycles. The Kier molecular flexibility index (Phi) is 4.13. The van der Waals surface area contributed by atoms with Crippen molar-refractivity contribution in [2.24, 2.45) is 17.8 Å². The summed E-state index contributed by atoms with van der Waals surface area (Å²) in [5, 5.41) is 12.8. The maximum absolute atomic E-state index is 12.4. The van der Waals surface area contributed by atoms with Gasteiger partial charge in [0.05, 0.1) is 6.04 Å². The normalized spacial score (nSPS) is 26.4. The molecule has 1 aliphatic heterocycles. The fraction of sp³-hybridized carbons (Fsp3) is 0.632. The van der Waals surface area contributed by atoms with Crippen LogP contribution in [0.25, 0.3) is 0 Å². The molecule has 2 heterocycles. The Morgan fingerprint density at radius 3 is 2.56 bits per heavy atom. The van der Waals surface area contributed by atoms with E-state index < -0.39 is 5.97 Å². The summed E-state index contributed by atoms with van der Waals surface area (Å²) in [7, 11) is 0. The highest BCUT2D eigenvalue weighted by atomic mass is 16.4. The third kappa shape index (κ3) is 3.22. The lowest BCUT2D eigenvalue weighted by Crippen LogP contribution is -2.45. The molecule has 3 aliphatic rings. The van der Waals surface area contributed by atoms with Crippen LogP contribution >= 0.6 is 0 Å². The van der Waals surface area contributed by atoms with Gasteiger partial charge in [0, 0.05) is 30.6 Å². The molecule has 2 atom stereocenters. The Labute approximate surface area is 147 Å². The van der Waals surface area contributed by atoms with E-state index in [1.807, 2.05) is 6.92 Å². The van der Waals surface area contributed by atoms with Crippen LogP contribution in [0.15, 0.2) is 12.1 Å². The maximum atomic E-state index is 12.4. The average molecular weight is 343 g/mol. The van der Waals surface area contributed by atoms with Crippen molar-refractivity contribution >= 4 is 17.7 Å². The largest absolute Gasteiger partial charge is 0.478 e. The highest BCUT2D eigenvalue weighted by molar-refractivity contribution is 5.93. The number of nitrogens with one attached hydrogen (secondary N) is 1. The van der Waals surface area contributed by atoms with E-state index in [9.17, 15) is 14.7 Å². The molecular formula is C19H25N3O3. The molecule has 6 nitrogen and oxygen atoms in total. The summed E-state index contributed by atoms with van der Waals surface area (Å²) >= 11 is 0. The Hall–Kier alpha value is -2.11. The zero-order valence-corrected chi connectivity index (χ0v) is 14.6. The summed E-state index contributed by atoms with van der Waals surface area (Å²) in [4.78, 5) is 30.5. The van der Waals surface area contributed by atoms with Crippen molar-refractivity contribution < 1.29 is 14.7 Å². The molecule has 0 spiro atoms. The first-order valence-electron chi connectivity index (χ1n) is 9.29. The number of aryl methyl sites for hydroxylation is 1. The molecule has 6 heteroatoms. The molecule has 25 heavy (non-hydrogen) atoms. The topological polar surface area (TPSA) is 82.5 Å². The molecule has 2 aliphatic carbocycles. The first-order valence-corrected chi connectivity index (χ1v) is 9.29. The summed E-state index contributed by atoms with van der Waals surface area (Å²) < 4.78 is 0. The summed E-state index contributed by atoms with van der Waals surface area (Å²) in [6.07, 6.45) is 5.57. The van der Waals surface area contributed by atoms with E-state index in [0.29, 0.717) is 24.2 Å². The van der Waals surface area contributed by atoms with Gasteiger partial charge < -0.3 is 15.3 Å². The lowest BCUT2D eigenvalue weighted by atomic mass is 9.84. The van der Waals surface area contributed by atoms with Gasteiger partial charge in [-0.25, -0.2) is 9.78 Å².